The first-order chi connectivity index (χ1) is 8.50. The number of nitriles is 1. The molecule has 0 unspecified atom stereocenters. The Bertz CT molecular complexity index is 565. The zero-order chi connectivity index (χ0) is 13.3. The standard InChI is InChI=1S/C12H14N2O3S/c1-18(16,17)14-10(7-13)12(11(14)8-15)9-5-3-2-4-6-9/h2-6,10-12,15H,8H2,1H3/t10-,11+,12+/m1/s1. The SMILES string of the molecule is CS(=O)(=O)N1[C@H](C#N)[C@H](c2ccccc2)[C@@H]1CO. The Morgan fingerprint density at radius 2 is 2.00 bits per heavy atom. The summed E-state index contributed by atoms with van der Waals surface area (Å²) in [5, 5.41) is 18.5. The van der Waals surface area contributed by atoms with E-state index in [-0.39, 0.29) is 12.5 Å². The third-order valence-corrected chi connectivity index (χ3v) is 4.51. The van der Waals surface area contributed by atoms with Gasteiger partial charge in [-0.3, -0.25) is 0 Å². The molecule has 1 aromatic rings. The molecule has 6 heteroatoms. The van der Waals surface area contributed by atoms with Crippen LogP contribution in [0.3, 0.4) is 0 Å². The molecular formula is C12H14N2O3S. The fourth-order valence-corrected chi connectivity index (χ4v) is 3.78. The van der Waals surface area contributed by atoms with E-state index in [9.17, 15) is 13.5 Å². The zero-order valence-corrected chi connectivity index (χ0v) is 10.7. The highest BCUT2D eigenvalue weighted by molar-refractivity contribution is 7.88. The van der Waals surface area contributed by atoms with Crippen molar-refractivity contribution in [3.05, 3.63) is 35.9 Å². The summed E-state index contributed by atoms with van der Waals surface area (Å²) in [5.74, 6) is -0.268. The van der Waals surface area contributed by atoms with Gasteiger partial charge in [-0.1, -0.05) is 30.3 Å². The van der Waals surface area contributed by atoms with Gasteiger partial charge in [0.15, 0.2) is 0 Å². The lowest BCUT2D eigenvalue weighted by Gasteiger charge is -2.49. The molecule has 0 radical (unpaired) electrons. The molecule has 1 aliphatic heterocycles. The van der Waals surface area contributed by atoms with Gasteiger partial charge in [-0.25, -0.2) is 8.42 Å². The van der Waals surface area contributed by atoms with Crippen molar-refractivity contribution in [2.45, 2.75) is 18.0 Å². The van der Waals surface area contributed by atoms with Crippen molar-refractivity contribution in [3.63, 3.8) is 0 Å². The smallest absolute Gasteiger partial charge is 0.212 e. The van der Waals surface area contributed by atoms with Crippen LogP contribution in [0, 0.1) is 11.3 Å². The first kappa shape index (κ1) is 13.0. The maximum absolute atomic E-state index is 11.6. The Kier molecular flexibility index (Phi) is 3.39. The van der Waals surface area contributed by atoms with Gasteiger partial charge in [-0.05, 0) is 5.56 Å². The summed E-state index contributed by atoms with van der Waals surface area (Å²) in [6.45, 7) is -0.287. The summed E-state index contributed by atoms with van der Waals surface area (Å²) in [6.07, 6.45) is 1.06. The van der Waals surface area contributed by atoms with Gasteiger partial charge < -0.3 is 5.11 Å². The maximum atomic E-state index is 11.6. The number of hydrogen-bond donors (Lipinski definition) is 1. The van der Waals surface area contributed by atoms with Crippen molar-refractivity contribution in [2.24, 2.45) is 0 Å². The number of hydrogen-bond acceptors (Lipinski definition) is 4. The van der Waals surface area contributed by atoms with E-state index in [1.54, 1.807) is 0 Å². The van der Waals surface area contributed by atoms with Gasteiger partial charge in [-0.15, -0.1) is 0 Å². The van der Waals surface area contributed by atoms with E-state index in [1.807, 2.05) is 36.4 Å². The molecule has 1 saturated heterocycles. The van der Waals surface area contributed by atoms with Crippen LogP contribution in [0.25, 0.3) is 0 Å². The lowest BCUT2D eigenvalue weighted by molar-refractivity contribution is 0.0564. The summed E-state index contributed by atoms with van der Waals surface area (Å²) >= 11 is 0. The second-order valence-electron chi connectivity index (χ2n) is 4.35. The molecule has 1 aromatic carbocycles. The van der Waals surface area contributed by atoms with Crippen molar-refractivity contribution < 1.29 is 13.5 Å². The van der Waals surface area contributed by atoms with Crippen molar-refractivity contribution in [1.82, 2.24) is 4.31 Å². The predicted octanol–water partition coefficient (Wildman–Crippen LogP) is 0.298. The quantitative estimate of drug-likeness (QED) is 0.853. The second-order valence-corrected chi connectivity index (χ2v) is 6.24. The number of aliphatic hydroxyl groups excluding tert-OH is 1. The number of rotatable bonds is 3. The molecule has 1 heterocycles. The number of sulfonamides is 1. The largest absolute Gasteiger partial charge is 0.395 e. The van der Waals surface area contributed by atoms with E-state index < -0.39 is 22.1 Å². The number of nitrogens with zero attached hydrogens (tertiary/aromatic N) is 2. The van der Waals surface area contributed by atoms with Gasteiger partial charge in [0.1, 0.15) is 6.04 Å². The Labute approximate surface area is 106 Å². The van der Waals surface area contributed by atoms with Crippen molar-refractivity contribution in [2.75, 3.05) is 12.9 Å². The normalized spacial score (nSPS) is 28.4. The molecule has 0 saturated carbocycles. The molecule has 1 aliphatic rings. The Hall–Kier alpha value is -1.42. The molecular weight excluding hydrogens is 252 g/mol. The van der Waals surface area contributed by atoms with Gasteiger partial charge in [0.05, 0.1) is 25.0 Å². The van der Waals surface area contributed by atoms with Crippen LogP contribution in [-0.2, 0) is 10.0 Å². The fraction of sp³-hybridized carbons (Fsp3) is 0.417. The first-order valence-corrected chi connectivity index (χ1v) is 7.39. The number of aliphatic hydroxyl groups is 1. The summed E-state index contributed by atoms with van der Waals surface area (Å²) in [7, 11) is -3.48. The molecule has 1 fully saturated rings. The summed E-state index contributed by atoms with van der Waals surface area (Å²) in [4.78, 5) is 0. The highest BCUT2D eigenvalue weighted by atomic mass is 32.2. The fourth-order valence-electron chi connectivity index (χ4n) is 2.49. The molecule has 5 nitrogen and oxygen atoms in total. The molecule has 1 N–H and O–H groups in total. The van der Waals surface area contributed by atoms with Gasteiger partial charge in [0.25, 0.3) is 0 Å². The van der Waals surface area contributed by atoms with Crippen molar-refractivity contribution in [1.29, 1.82) is 5.26 Å². The van der Waals surface area contributed by atoms with Crippen LogP contribution in [-0.4, -0.2) is 42.8 Å². The topological polar surface area (TPSA) is 81.4 Å². The van der Waals surface area contributed by atoms with Crippen LogP contribution in [0.4, 0.5) is 0 Å². The van der Waals surface area contributed by atoms with E-state index in [1.165, 1.54) is 0 Å². The predicted molar refractivity (Wildman–Crippen MR) is 66.1 cm³/mol. The van der Waals surface area contributed by atoms with E-state index >= 15 is 0 Å². The molecule has 0 amide bonds. The molecule has 0 aliphatic carbocycles. The molecule has 0 bridgehead atoms. The Morgan fingerprint density at radius 3 is 2.44 bits per heavy atom. The van der Waals surface area contributed by atoms with Crippen LogP contribution < -0.4 is 0 Å². The molecule has 0 aromatic heterocycles. The summed E-state index contributed by atoms with van der Waals surface area (Å²) < 4.78 is 24.3. The van der Waals surface area contributed by atoms with E-state index in [2.05, 4.69) is 0 Å². The van der Waals surface area contributed by atoms with Crippen LogP contribution in [0.5, 0.6) is 0 Å². The average Bonchev–Trinajstić information content (AvgIpc) is 2.28. The molecule has 0 spiro atoms. The van der Waals surface area contributed by atoms with Crippen LogP contribution in [0.2, 0.25) is 0 Å². The van der Waals surface area contributed by atoms with Crippen molar-refractivity contribution >= 4 is 10.0 Å². The third-order valence-electron chi connectivity index (χ3n) is 3.24. The highest BCUT2D eigenvalue weighted by Gasteiger charge is 2.53. The lowest BCUT2D eigenvalue weighted by atomic mass is 9.78. The molecule has 18 heavy (non-hydrogen) atoms. The first-order valence-electron chi connectivity index (χ1n) is 5.54. The zero-order valence-electron chi connectivity index (χ0n) is 9.89. The van der Waals surface area contributed by atoms with Gasteiger partial charge in [0, 0.05) is 5.92 Å². The van der Waals surface area contributed by atoms with Crippen molar-refractivity contribution in [3.8, 4) is 6.07 Å². The van der Waals surface area contributed by atoms with E-state index in [0.717, 1.165) is 16.1 Å². The molecule has 96 valence electrons. The summed E-state index contributed by atoms with van der Waals surface area (Å²) in [5.41, 5.74) is 0.878. The summed E-state index contributed by atoms with van der Waals surface area (Å²) in [6, 6.07) is 9.93. The lowest BCUT2D eigenvalue weighted by Crippen LogP contribution is -2.64. The second kappa shape index (κ2) is 4.69. The van der Waals surface area contributed by atoms with Crippen LogP contribution in [0.15, 0.2) is 30.3 Å². The highest BCUT2D eigenvalue weighted by Crippen LogP contribution is 2.41. The molecule has 2 rings (SSSR count). The monoisotopic (exact) mass is 266 g/mol. The minimum absolute atomic E-state index is 0.268. The van der Waals surface area contributed by atoms with Crippen LogP contribution >= 0.6 is 0 Å². The van der Waals surface area contributed by atoms with Gasteiger partial charge in [-0.2, -0.15) is 9.57 Å². The minimum Gasteiger partial charge on any atom is -0.395 e. The van der Waals surface area contributed by atoms with Crippen LogP contribution in [0.1, 0.15) is 11.5 Å². The Balaban J connectivity index is 2.37. The average molecular weight is 266 g/mol. The van der Waals surface area contributed by atoms with Gasteiger partial charge >= 0.3 is 0 Å². The third kappa shape index (κ3) is 2.01. The Morgan fingerprint density at radius 1 is 1.39 bits per heavy atom. The molecule has 3 atom stereocenters. The van der Waals surface area contributed by atoms with E-state index in [0.29, 0.717) is 0 Å². The maximum Gasteiger partial charge on any atom is 0.212 e. The van der Waals surface area contributed by atoms with Gasteiger partial charge in [0.2, 0.25) is 10.0 Å². The number of benzene rings is 1. The van der Waals surface area contributed by atoms with E-state index in [4.69, 9.17) is 5.26 Å². The minimum atomic E-state index is -3.48.